The summed E-state index contributed by atoms with van der Waals surface area (Å²) in [6.45, 7) is 14.7. The zero-order valence-electron chi connectivity index (χ0n) is 13.5. The maximum Gasteiger partial charge on any atom is 0.131 e. The lowest BCUT2D eigenvalue weighted by molar-refractivity contribution is 0.124. The van der Waals surface area contributed by atoms with Crippen LogP contribution in [0.1, 0.15) is 55.4 Å². The predicted octanol–water partition coefficient (Wildman–Crippen LogP) is 5.52. The van der Waals surface area contributed by atoms with Gasteiger partial charge < -0.3 is 4.74 Å². The van der Waals surface area contributed by atoms with Crippen molar-refractivity contribution in [1.82, 2.24) is 0 Å². The van der Waals surface area contributed by atoms with Crippen molar-refractivity contribution in [1.29, 1.82) is 0 Å². The third-order valence-corrected chi connectivity index (χ3v) is 4.25. The minimum Gasteiger partial charge on any atom is -0.483 e. The molecule has 0 spiro atoms. The Bertz CT molecular complexity index is 566. The van der Waals surface area contributed by atoms with Crippen LogP contribution in [0, 0.1) is 20.8 Å². The Kier molecular flexibility index (Phi) is 4.08. The Morgan fingerprint density at radius 2 is 1.95 bits per heavy atom. The lowest BCUT2D eigenvalue weighted by Crippen LogP contribution is -2.32. The second kappa shape index (κ2) is 5.47. The molecule has 1 heteroatoms. The molecule has 0 amide bonds. The second-order valence-electron chi connectivity index (χ2n) is 6.44. The van der Waals surface area contributed by atoms with Gasteiger partial charge in [0, 0.05) is 5.56 Å². The van der Waals surface area contributed by atoms with Crippen LogP contribution in [0.15, 0.2) is 24.3 Å². The molecule has 0 aromatic heterocycles. The Hall–Kier alpha value is -1.50. The Balaban J connectivity index is 2.24. The van der Waals surface area contributed by atoms with Crippen LogP contribution in [0.5, 0.6) is 5.75 Å². The lowest BCUT2D eigenvalue weighted by atomic mass is 9.90. The molecule has 0 saturated heterocycles. The van der Waals surface area contributed by atoms with Gasteiger partial charge in [-0.25, -0.2) is 0 Å². The molecule has 1 heterocycles. The van der Waals surface area contributed by atoms with Gasteiger partial charge in [0.05, 0.1) is 0 Å². The lowest BCUT2D eigenvalue weighted by Gasteiger charge is -2.34. The Morgan fingerprint density at radius 3 is 2.60 bits per heavy atom. The normalized spacial score (nSPS) is 20.4. The number of hydrogen-bond donors (Lipinski definition) is 0. The molecule has 0 saturated carbocycles. The maximum atomic E-state index is 6.38. The molecule has 1 aromatic rings. The molecule has 0 aliphatic carbocycles. The standard InChI is InChI=1S/C19H26O/c1-13(2)8-7-10-19(6)11-9-17-15(4)12-14(3)16(5)18(17)20-19/h9,11-12H,1,7-8,10H2,2-6H3. The molecule has 0 fully saturated rings. The molecule has 1 aromatic carbocycles. The summed E-state index contributed by atoms with van der Waals surface area (Å²) in [5, 5.41) is 0. The topological polar surface area (TPSA) is 9.23 Å². The van der Waals surface area contributed by atoms with E-state index in [0.717, 1.165) is 25.0 Å². The van der Waals surface area contributed by atoms with Gasteiger partial charge >= 0.3 is 0 Å². The van der Waals surface area contributed by atoms with E-state index in [-0.39, 0.29) is 5.60 Å². The summed E-state index contributed by atoms with van der Waals surface area (Å²) in [4.78, 5) is 0. The van der Waals surface area contributed by atoms with Gasteiger partial charge in [-0.05, 0) is 76.6 Å². The van der Waals surface area contributed by atoms with Gasteiger partial charge in [-0.1, -0.05) is 17.7 Å². The number of aryl methyl sites for hydroxylation is 2. The first-order valence-corrected chi connectivity index (χ1v) is 7.46. The summed E-state index contributed by atoms with van der Waals surface area (Å²) in [5.41, 5.74) is 6.17. The molecule has 1 aliphatic rings. The SMILES string of the molecule is C=C(C)CCCC1(C)C=Cc2c(C)cc(C)c(C)c2O1. The Morgan fingerprint density at radius 1 is 1.25 bits per heavy atom. The van der Waals surface area contributed by atoms with Gasteiger partial charge in [-0.2, -0.15) is 0 Å². The smallest absolute Gasteiger partial charge is 0.131 e. The highest BCUT2D eigenvalue weighted by molar-refractivity contribution is 5.67. The van der Waals surface area contributed by atoms with E-state index in [1.807, 2.05) is 0 Å². The number of ether oxygens (including phenoxy) is 1. The molecule has 0 radical (unpaired) electrons. The third kappa shape index (κ3) is 2.98. The zero-order valence-corrected chi connectivity index (χ0v) is 13.5. The summed E-state index contributed by atoms with van der Waals surface area (Å²) < 4.78 is 6.38. The van der Waals surface area contributed by atoms with E-state index < -0.39 is 0 Å². The first-order valence-electron chi connectivity index (χ1n) is 7.46. The Labute approximate surface area is 123 Å². The molecule has 1 unspecified atom stereocenters. The largest absolute Gasteiger partial charge is 0.483 e. The molecular weight excluding hydrogens is 244 g/mol. The fourth-order valence-electron chi connectivity index (χ4n) is 2.81. The number of hydrogen-bond acceptors (Lipinski definition) is 1. The fourth-order valence-corrected chi connectivity index (χ4v) is 2.81. The van der Waals surface area contributed by atoms with Crippen LogP contribution in [0.4, 0.5) is 0 Å². The quantitative estimate of drug-likeness (QED) is 0.654. The molecule has 1 nitrogen and oxygen atoms in total. The highest BCUT2D eigenvalue weighted by Gasteiger charge is 2.28. The van der Waals surface area contributed by atoms with Gasteiger partial charge in [0.1, 0.15) is 11.4 Å². The van der Waals surface area contributed by atoms with Crippen LogP contribution in [0.3, 0.4) is 0 Å². The molecule has 0 N–H and O–H groups in total. The summed E-state index contributed by atoms with van der Waals surface area (Å²) in [5.74, 6) is 1.07. The predicted molar refractivity (Wildman–Crippen MR) is 87.4 cm³/mol. The molecule has 0 bridgehead atoms. The first kappa shape index (κ1) is 14.9. The summed E-state index contributed by atoms with van der Waals surface area (Å²) in [7, 11) is 0. The molecule has 108 valence electrons. The van der Waals surface area contributed by atoms with Gasteiger partial charge in [-0.15, -0.1) is 6.58 Å². The van der Waals surface area contributed by atoms with Crippen molar-refractivity contribution in [2.45, 2.75) is 59.5 Å². The highest BCUT2D eigenvalue weighted by Crippen LogP contribution is 2.39. The average molecular weight is 270 g/mol. The van der Waals surface area contributed by atoms with E-state index in [9.17, 15) is 0 Å². The van der Waals surface area contributed by atoms with Crippen molar-refractivity contribution in [2.24, 2.45) is 0 Å². The minimum absolute atomic E-state index is 0.187. The summed E-state index contributed by atoms with van der Waals surface area (Å²) in [6.07, 6.45) is 7.68. The van der Waals surface area contributed by atoms with Crippen molar-refractivity contribution < 1.29 is 4.74 Å². The van der Waals surface area contributed by atoms with E-state index in [2.05, 4.69) is 59.4 Å². The first-order chi connectivity index (χ1) is 9.32. The van der Waals surface area contributed by atoms with E-state index in [1.165, 1.54) is 27.8 Å². The number of fused-ring (bicyclic) bond motifs is 1. The monoisotopic (exact) mass is 270 g/mol. The van der Waals surface area contributed by atoms with Crippen molar-refractivity contribution in [2.75, 3.05) is 0 Å². The van der Waals surface area contributed by atoms with Gasteiger partial charge in [0.15, 0.2) is 0 Å². The molecule has 1 atom stereocenters. The maximum absolute atomic E-state index is 6.38. The van der Waals surface area contributed by atoms with Crippen LogP contribution < -0.4 is 4.74 Å². The summed E-state index contributed by atoms with van der Waals surface area (Å²) >= 11 is 0. The van der Waals surface area contributed by atoms with E-state index in [0.29, 0.717) is 0 Å². The van der Waals surface area contributed by atoms with Crippen LogP contribution in [0.25, 0.3) is 6.08 Å². The third-order valence-electron chi connectivity index (χ3n) is 4.25. The van der Waals surface area contributed by atoms with Gasteiger partial charge in [0.2, 0.25) is 0 Å². The van der Waals surface area contributed by atoms with Crippen molar-refractivity contribution >= 4 is 6.08 Å². The minimum atomic E-state index is -0.187. The molecule has 20 heavy (non-hydrogen) atoms. The summed E-state index contributed by atoms with van der Waals surface area (Å²) in [6, 6.07) is 2.24. The van der Waals surface area contributed by atoms with E-state index >= 15 is 0 Å². The van der Waals surface area contributed by atoms with E-state index in [4.69, 9.17) is 4.74 Å². The fraction of sp³-hybridized carbons (Fsp3) is 0.474. The van der Waals surface area contributed by atoms with E-state index in [1.54, 1.807) is 0 Å². The van der Waals surface area contributed by atoms with Gasteiger partial charge in [0.25, 0.3) is 0 Å². The van der Waals surface area contributed by atoms with Gasteiger partial charge in [-0.3, -0.25) is 0 Å². The molecule has 2 rings (SSSR count). The van der Waals surface area contributed by atoms with Crippen LogP contribution in [0.2, 0.25) is 0 Å². The number of allylic oxidation sites excluding steroid dienone is 1. The highest BCUT2D eigenvalue weighted by atomic mass is 16.5. The van der Waals surface area contributed by atoms with Crippen LogP contribution in [-0.4, -0.2) is 5.60 Å². The van der Waals surface area contributed by atoms with Crippen molar-refractivity contribution in [3.63, 3.8) is 0 Å². The number of rotatable bonds is 4. The molecule has 1 aliphatic heterocycles. The van der Waals surface area contributed by atoms with Crippen molar-refractivity contribution in [3.8, 4) is 5.75 Å². The zero-order chi connectivity index (χ0) is 14.9. The number of benzene rings is 1. The van der Waals surface area contributed by atoms with Crippen molar-refractivity contribution in [3.05, 3.63) is 46.5 Å². The van der Waals surface area contributed by atoms with Crippen LogP contribution in [-0.2, 0) is 0 Å². The molecular formula is C19H26O. The second-order valence-corrected chi connectivity index (χ2v) is 6.44. The average Bonchev–Trinajstić information content (AvgIpc) is 2.35. The van der Waals surface area contributed by atoms with Crippen LogP contribution >= 0.6 is 0 Å².